The highest BCUT2D eigenvalue weighted by Gasteiger charge is 2.24. The zero-order chi connectivity index (χ0) is 13.5. The van der Waals surface area contributed by atoms with Crippen LogP contribution in [0.1, 0.15) is 25.5 Å². The molecule has 2 rings (SSSR count). The van der Waals surface area contributed by atoms with Gasteiger partial charge in [0, 0.05) is 17.7 Å². The highest BCUT2D eigenvalue weighted by molar-refractivity contribution is 8.13. The van der Waals surface area contributed by atoms with E-state index in [1.165, 1.54) is 11.6 Å². The van der Waals surface area contributed by atoms with E-state index < -0.39 is 9.05 Å². The molecule has 0 saturated carbocycles. The summed E-state index contributed by atoms with van der Waals surface area (Å²) in [6.45, 7) is 3.94. The van der Waals surface area contributed by atoms with Gasteiger partial charge in [-0.05, 0) is 17.5 Å². The van der Waals surface area contributed by atoms with Crippen LogP contribution in [0, 0.1) is 0 Å². The Morgan fingerprint density at radius 3 is 2.44 bits per heavy atom. The van der Waals surface area contributed by atoms with E-state index in [4.69, 9.17) is 10.7 Å². The minimum atomic E-state index is -3.91. The summed E-state index contributed by atoms with van der Waals surface area (Å²) in [4.78, 5) is 0.701. The van der Waals surface area contributed by atoms with Crippen LogP contribution >= 0.6 is 22.2 Å². The van der Waals surface area contributed by atoms with Crippen molar-refractivity contribution in [2.75, 3.05) is 0 Å². The first-order valence-corrected chi connectivity index (χ1v) is 8.07. The van der Waals surface area contributed by atoms with E-state index in [9.17, 15) is 8.42 Å². The van der Waals surface area contributed by atoms with Crippen molar-refractivity contribution in [2.45, 2.75) is 24.9 Å². The zero-order valence-corrected chi connectivity index (χ0v) is 12.2. The smallest absolute Gasteiger partial charge is 0.296 e. The van der Waals surface area contributed by atoms with Gasteiger partial charge < -0.3 is 0 Å². The first kappa shape index (κ1) is 13.4. The lowest BCUT2D eigenvalue weighted by Crippen LogP contribution is -2.03. The maximum Gasteiger partial charge on any atom is 0.296 e. The highest BCUT2D eigenvalue weighted by Crippen LogP contribution is 2.30. The molecule has 10 heteroatoms. The minimum Gasteiger partial charge on any atom is -0.299 e. The third-order valence-electron chi connectivity index (χ3n) is 2.32. The SMILES string of the molecule is CC(C)c1nnsc1-c1nnc(S(=O)(=O)Cl)n1C. The Labute approximate surface area is 112 Å². The minimum absolute atomic E-state index is 0.159. The summed E-state index contributed by atoms with van der Waals surface area (Å²) in [6, 6.07) is 0. The molecule has 0 radical (unpaired) electrons. The second kappa shape index (κ2) is 4.56. The molecule has 0 fully saturated rings. The molecule has 0 aliphatic carbocycles. The highest BCUT2D eigenvalue weighted by atomic mass is 35.7. The monoisotopic (exact) mass is 307 g/mol. The van der Waals surface area contributed by atoms with Crippen molar-refractivity contribution < 1.29 is 8.42 Å². The Balaban J connectivity index is 2.60. The number of aromatic nitrogens is 5. The van der Waals surface area contributed by atoms with Crippen molar-refractivity contribution in [3.63, 3.8) is 0 Å². The Bertz CT molecular complexity index is 675. The average molecular weight is 308 g/mol. The summed E-state index contributed by atoms with van der Waals surface area (Å²) in [5.74, 6) is 0.555. The van der Waals surface area contributed by atoms with Crippen molar-refractivity contribution in [3.05, 3.63) is 5.69 Å². The molecule has 0 aromatic carbocycles. The molecular weight excluding hydrogens is 298 g/mol. The molecule has 0 spiro atoms. The Hall–Kier alpha value is -1.06. The van der Waals surface area contributed by atoms with Crippen molar-refractivity contribution in [3.8, 4) is 10.7 Å². The van der Waals surface area contributed by atoms with Gasteiger partial charge in [0.15, 0.2) is 5.82 Å². The lowest BCUT2D eigenvalue weighted by atomic mass is 10.1. The van der Waals surface area contributed by atoms with Gasteiger partial charge in [0.1, 0.15) is 4.88 Å². The standard InChI is InChI=1S/C8H10ClN5O2S2/c1-4(2)5-6(17-13-10-5)7-11-12-8(14(7)3)18(9,15)16/h4H,1-3H3. The maximum atomic E-state index is 11.3. The van der Waals surface area contributed by atoms with Gasteiger partial charge in [-0.25, -0.2) is 8.42 Å². The van der Waals surface area contributed by atoms with Crippen LogP contribution in [-0.2, 0) is 16.1 Å². The Morgan fingerprint density at radius 2 is 1.94 bits per heavy atom. The molecule has 2 aromatic heterocycles. The predicted molar refractivity (Wildman–Crippen MR) is 67.0 cm³/mol. The summed E-state index contributed by atoms with van der Waals surface area (Å²) in [6.07, 6.45) is 0. The summed E-state index contributed by atoms with van der Waals surface area (Å²) in [7, 11) is 2.89. The molecule has 98 valence electrons. The van der Waals surface area contributed by atoms with Gasteiger partial charge in [0.05, 0.1) is 5.69 Å². The van der Waals surface area contributed by atoms with Gasteiger partial charge >= 0.3 is 0 Å². The van der Waals surface area contributed by atoms with Crippen LogP contribution in [0.4, 0.5) is 0 Å². The van der Waals surface area contributed by atoms with Gasteiger partial charge in [-0.2, -0.15) is 0 Å². The number of hydrogen-bond acceptors (Lipinski definition) is 7. The van der Waals surface area contributed by atoms with Crippen molar-refractivity contribution in [2.24, 2.45) is 7.05 Å². The Morgan fingerprint density at radius 1 is 1.28 bits per heavy atom. The second-order valence-corrected chi connectivity index (χ2v) is 7.16. The van der Waals surface area contributed by atoms with Gasteiger partial charge in [0.25, 0.3) is 14.2 Å². The van der Waals surface area contributed by atoms with Gasteiger partial charge in [0.2, 0.25) is 0 Å². The molecule has 7 nitrogen and oxygen atoms in total. The van der Waals surface area contributed by atoms with Crippen LogP contribution in [0.3, 0.4) is 0 Å². The van der Waals surface area contributed by atoms with E-state index in [1.54, 1.807) is 0 Å². The molecule has 0 N–H and O–H groups in total. The zero-order valence-electron chi connectivity index (χ0n) is 9.82. The third kappa shape index (κ3) is 2.25. The van der Waals surface area contributed by atoms with Crippen LogP contribution in [0.5, 0.6) is 0 Å². The van der Waals surface area contributed by atoms with Crippen molar-refractivity contribution >= 4 is 31.3 Å². The molecule has 0 bridgehead atoms. The molecule has 0 amide bonds. The molecular formula is C8H10ClN5O2S2. The number of hydrogen-bond donors (Lipinski definition) is 0. The number of rotatable bonds is 3. The third-order valence-corrected chi connectivity index (χ3v) is 4.26. The summed E-state index contributed by atoms with van der Waals surface area (Å²) < 4.78 is 27.7. The topological polar surface area (TPSA) is 90.6 Å². The molecule has 0 aliphatic heterocycles. The summed E-state index contributed by atoms with van der Waals surface area (Å²) in [5, 5.41) is 11.2. The number of halogens is 1. The fourth-order valence-corrected chi connectivity index (χ4v) is 3.25. The molecule has 18 heavy (non-hydrogen) atoms. The fraction of sp³-hybridized carbons (Fsp3) is 0.500. The molecule has 0 atom stereocenters. The van der Waals surface area contributed by atoms with Crippen LogP contribution < -0.4 is 0 Å². The van der Waals surface area contributed by atoms with Gasteiger partial charge in [-0.1, -0.05) is 18.3 Å². The molecule has 2 aromatic rings. The first-order valence-electron chi connectivity index (χ1n) is 4.99. The molecule has 0 saturated heterocycles. The molecule has 0 aliphatic rings. The predicted octanol–water partition coefficient (Wildman–Crippen LogP) is 1.38. The normalized spacial score (nSPS) is 12.3. The lowest BCUT2D eigenvalue weighted by Gasteiger charge is -2.03. The molecule has 0 unspecified atom stereocenters. The van der Waals surface area contributed by atoms with E-state index in [0.29, 0.717) is 10.7 Å². The quantitative estimate of drug-likeness (QED) is 0.796. The van der Waals surface area contributed by atoms with E-state index >= 15 is 0 Å². The van der Waals surface area contributed by atoms with E-state index in [0.717, 1.165) is 17.2 Å². The van der Waals surface area contributed by atoms with Gasteiger partial charge in [-0.15, -0.1) is 15.3 Å². The number of nitrogens with zero attached hydrogens (tertiary/aromatic N) is 5. The van der Waals surface area contributed by atoms with Crippen molar-refractivity contribution in [1.29, 1.82) is 0 Å². The first-order chi connectivity index (χ1) is 8.32. The second-order valence-electron chi connectivity index (χ2n) is 3.95. The summed E-state index contributed by atoms with van der Waals surface area (Å²) >= 11 is 1.15. The average Bonchev–Trinajstić information content (AvgIpc) is 2.81. The summed E-state index contributed by atoms with van der Waals surface area (Å²) in [5.41, 5.74) is 0.758. The van der Waals surface area contributed by atoms with Crippen LogP contribution in [0.15, 0.2) is 5.16 Å². The Kier molecular flexibility index (Phi) is 3.39. The lowest BCUT2D eigenvalue weighted by molar-refractivity contribution is 0.593. The van der Waals surface area contributed by atoms with E-state index in [1.807, 2.05) is 13.8 Å². The van der Waals surface area contributed by atoms with Crippen LogP contribution in [0.25, 0.3) is 10.7 Å². The molecule has 2 heterocycles. The van der Waals surface area contributed by atoms with E-state index in [2.05, 4.69) is 19.8 Å². The largest absolute Gasteiger partial charge is 0.299 e. The van der Waals surface area contributed by atoms with Crippen LogP contribution in [0.2, 0.25) is 0 Å². The van der Waals surface area contributed by atoms with E-state index in [-0.39, 0.29) is 11.1 Å². The van der Waals surface area contributed by atoms with Crippen molar-refractivity contribution in [1.82, 2.24) is 24.4 Å². The fourth-order valence-electron chi connectivity index (χ4n) is 1.46. The van der Waals surface area contributed by atoms with Crippen LogP contribution in [-0.4, -0.2) is 32.8 Å². The van der Waals surface area contributed by atoms with Gasteiger partial charge in [-0.3, -0.25) is 4.57 Å². The maximum absolute atomic E-state index is 11.3.